The smallest absolute Gasteiger partial charge is 0.0560 e. The van der Waals surface area contributed by atoms with Gasteiger partial charge in [-0.05, 0) is 23.1 Å². The van der Waals surface area contributed by atoms with Crippen molar-refractivity contribution in [2.45, 2.75) is 31.1 Å². The minimum absolute atomic E-state index is 0.243. The minimum atomic E-state index is 0.243. The molecule has 0 radical (unpaired) electrons. The molecule has 0 bridgehead atoms. The molecule has 3 heteroatoms. The maximum atomic E-state index is 5.45. The Morgan fingerprint density at radius 1 is 1.12 bits per heavy atom. The van der Waals surface area contributed by atoms with Crippen molar-refractivity contribution in [3.05, 3.63) is 29.8 Å². The van der Waals surface area contributed by atoms with Gasteiger partial charge in [-0.25, -0.2) is 0 Å². The molecule has 96 valence electrons. The van der Waals surface area contributed by atoms with E-state index in [-0.39, 0.29) is 5.41 Å². The number of rotatable bonds is 6. The Bertz CT molecular complexity index is 316. The van der Waals surface area contributed by atoms with E-state index in [1.54, 1.807) is 0 Å². The molecule has 0 aliphatic rings. The molecule has 1 nitrogen and oxygen atoms in total. The Morgan fingerprint density at radius 3 is 2.29 bits per heavy atom. The zero-order chi connectivity index (χ0) is 12.7. The minimum Gasteiger partial charge on any atom is -0.380 e. The van der Waals surface area contributed by atoms with Gasteiger partial charge in [0, 0.05) is 15.1 Å². The quantitative estimate of drug-likeness (QED) is 0.318. The predicted molar refractivity (Wildman–Crippen MR) is 85.6 cm³/mol. The molecule has 0 aliphatic carbocycles. The highest BCUT2D eigenvalue weighted by Gasteiger charge is 2.12. The number of hydrogen-bond acceptors (Lipinski definition) is 2. The monoisotopic (exact) mass is 364 g/mol. The molecule has 0 saturated heterocycles. The molecule has 0 N–H and O–H groups in total. The van der Waals surface area contributed by atoms with Gasteiger partial charge in [0.25, 0.3) is 0 Å². The van der Waals surface area contributed by atoms with E-state index >= 15 is 0 Å². The summed E-state index contributed by atoms with van der Waals surface area (Å²) in [6.45, 7) is 8.44. The lowest BCUT2D eigenvalue weighted by Gasteiger charge is -2.19. The van der Waals surface area contributed by atoms with Crippen LogP contribution in [0.3, 0.4) is 0 Å². The van der Waals surface area contributed by atoms with Crippen molar-refractivity contribution in [1.82, 2.24) is 0 Å². The van der Waals surface area contributed by atoms with Crippen LogP contribution in [0.15, 0.2) is 29.2 Å². The van der Waals surface area contributed by atoms with E-state index in [4.69, 9.17) is 4.74 Å². The van der Waals surface area contributed by atoms with Crippen molar-refractivity contribution in [2.24, 2.45) is 0 Å². The van der Waals surface area contributed by atoms with Crippen LogP contribution in [0, 0.1) is 0 Å². The van der Waals surface area contributed by atoms with Gasteiger partial charge in [-0.15, -0.1) is 11.8 Å². The largest absolute Gasteiger partial charge is 0.380 e. The van der Waals surface area contributed by atoms with Crippen LogP contribution in [0.25, 0.3) is 0 Å². The average Bonchev–Trinajstić information content (AvgIpc) is 2.28. The normalized spacial score (nSPS) is 11.8. The lowest BCUT2D eigenvalue weighted by molar-refractivity contribution is 0.169. The summed E-state index contributed by atoms with van der Waals surface area (Å²) in [4.78, 5) is 1.33. The molecule has 0 saturated carbocycles. The molecule has 0 aromatic heterocycles. The molecule has 0 unspecified atom stereocenters. The van der Waals surface area contributed by atoms with Crippen molar-refractivity contribution in [2.75, 3.05) is 23.4 Å². The first-order valence-corrected chi connectivity index (χ1v) is 8.42. The van der Waals surface area contributed by atoms with Crippen LogP contribution in [0.2, 0.25) is 0 Å². The van der Waals surface area contributed by atoms with Crippen LogP contribution in [0.4, 0.5) is 0 Å². The van der Waals surface area contributed by atoms with Gasteiger partial charge in [-0.1, -0.05) is 55.5 Å². The zero-order valence-electron chi connectivity index (χ0n) is 10.8. The number of alkyl halides is 1. The van der Waals surface area contributed by atoms with Crippen LogP contribution in [-0.2, 0) is 10.2 Å². The Labute approximate surface area is 123 Å². The standard InChI is InChI=1S/C14H21IOS/c1-14(2,3)12-4-6-13(7-5-12)17-11-10-16-9-8-15/h4-7H,8-11H2,1-3H3. The summed E-state index contributed by atoms with van der Waals surface area (Å²) in [6, 6.07) is 8.88. The summed E-state index contributed by atoms with van der Waals surface area (Å²) >= 11 is 4.19. The topological polar surface area (TPSA) is 9.23 Å². The average molecular weight is 364 g/mol. The van der Waals surface area contributed by atoms with Crippen molar-refractivity contribution in [3.8, 4) is 0 Å². The second kappa shape index (κ2) is 7.64. The van der Waals surface area contributed by atoms with Gasteiger partial charge in [0.1, 0.15) is 0 Å². The van der Waals surface area contributed by atoms with Gasteiger partial charge in [0.15, 0.2) is 0 Å². The number of hydrogen-bond donors (Lipinski definition) is 0. The summed E-state index contributed by atoms with van der Waals surface area (Å²) in [6.07, 6.45) is 0. The maximum Gasteiger partial charge on any atom is 0.0560 e. The molecule has 0 fully saturated rings. The Morgan fingerprint density at radius 2 is 1.76 bits per heavy atom. The fraction of sp³-hybridized carbons (Fsp3) is 0.571. The van der Waals surface area contributed by atoms with Crippen molar-refractivity contribution < 1.29 is 4.74 Å². The third-order valence-corrected chi connectivity index (χ3v) is 3.85. The van der Waals surface area contributed by atoms with E-state index in [1.807, 2.05) is 11.8 Å². The first-order valence-electron chi connectivity index (χ1n) is 5.91. The van der Waals surface area contributed by atoms with E-state index < -0.39 is 0 Å². The predicted octanol–water partition coefficient (Wildman–Crippen LogP) is 4.53. The molecule has 1 aromatic rings. The highest BCUT2D eigenvalue weighted by molar-refractivity contribution is 14.1. The summed E-state index contributed by atoms with van der Waals surface area (Å²) < 4.78 is 6.53. The number of thioether (sulfide) groups is 1. The SMILES string of the molecule is CC(C)(C)c1ccc(SCCOCCI)cc1. The van der Waals surface area contributed by atoms with Crippen LogP contribution in [0.1, 0.15) is 26.3 Å². The van der Waals surface area contributed by atoms with Crippen LogP contribution in [-0.4, -0.2) is 23.4 Å². The summed E-state index contributed by atoms with van der Waals surface area (Å²) in [5, 5.41) is 0. The molecule has 0 atom stereocenters. The van der Waals surface area contributed by atoms with Gasteiger partial charge in [0.2, 0.25) is 0 Å². The molecule has 0 spiro atoms. The summed E-state index contributed by atoms with van der Waals surface area (Å²) in [5.74, 6) is 1.03. The Hall–Kier alpha value is 0.260. The first kappa shape index (κ1) is 15.3. The molecular formula is C14H21IOS. The van der Waals surface area contributed by atoms with Crippen LogP contribution in [0.5, 0.6) is 0 Å². The molecular weight excluding hydrogens is 343 g/mol. The van der Waals surface area contributed by atoms with Gasteiger partial charge in [-0.2, -0.15) is 0 Å². The fourth-order valence-corrected chi connectivity index (χ4v) is 2.50. The summed E-state index contributed by atoms with van der Waals surface area (Å²) in [5.41, 5.74) is 1.63. The van der Waals surface area contributed by atoms with Gasteiger partial charge >= 0.3 is 0 Å². The molecule has 1 rings (SSSR count). The third kappa shape index (κ3) is 6.11. The number of halogens is 1. The Balaban J connectivity index is 2.36. The number of benzene rings is 1. The molecule has 0 aliphatic heterocycles. The third-order valence-electron chi connectivity index (χ3n) is 2.44. The lowest BCUT2D eigenvalue weighted by atomic mass is 9.87. The van der Waals surface area contributed by atoms with Crippen molar-refractivity contribution >= 4 is 34.4 Å². The molecule has 1 aromatic carbocycles. The lowest BCUT2D eigenvalue weighted by Crippen LogP contribution is -2.10. The van der Waals surface area contributed by atoms with Crippen LogP contribution < -0.4 is 0 Å². The van der Waals surface area contributed by atoms with E-state index in [2.05, 4.69) is 67.6 Å². The van der Waals surface area contributed by atoms with E-state index in [0.29, 0.717) is 0 Å². The van der Waals surface area contributed by atoms with E-state index in [1.165, 1.54) is 10.5 Å². The second-order valence-corrected chi connectivity index (χ2v) is 7.17. The van der Waals surface area contributed by atoms with E-state index in [0.717, 1.165) is 23.4 Å². The summed E-state index contributed by atoms with van der Waals surface area (Å²) in [7, 11) is 0. The highest BCUT2D eigenvalue weighted by atomic mass is 127. The van der Waals surface area contributed by atoms with E-state index in [9.17, 15) is 0 Å². The molecule has 0 amide bonds. The molecule has 17 heavy (non-hydrogen) atoms. The molecule has 0 heterocycles. The van der Waals surface area contributed by atoms with Crippen molar-refractivity contribution in [3.63, 3.8) is 0 Å². The van der Waals surface area contributed by atoms with Gasteiger partial charge < -0.3 is 4.74 Å². The second-order valence-electron chi connectivity index (χ2n) is 4.92. The first-order chi connectivity index (χ1) is 8.04. The number of ether oxygens (including phenoxy) is 1. The Kier molecular flexibility index (Phi) is 6.89. The van der Waals surface area contributed by atoms with Gasteiger partial charge in [-0.3, -0.25) is 0 Å². The maximum absolute atomic E-state index is 5.45. The fourth-order valence-electron chi connectivity index (χ4n) is 1.43. The zero-order valence-corrected chi connectivity index (χ0v) is 13.8. The van der Waals surface area contributed by atoms with Crippen molar-refractivity contribution in [1.29, 1.82) is 0 Å². The van der Waals surface area contributed by atoms with Gasteiger partial charge in [0.05, 0.1) is 13.2 Å². The highest BCUT2D eigenvalue weighted by Crippen LogP contribution is 2.25. The van der Waals surface area contributed by atoms with Crippen LogP contribution >= 0.6 is 34.4 Å².